The molecule has 1 aliphatic heterocycles. The Bertz CT molecular complexity index is 375. The van der Waals surface area contributed by atoms with Gasteiger partial charge in [0, 0.05) is 12.0 Å². The van der Waals surface area contributed by atoms with Crippen LogP contribution in [0.3, 0.4) is 0 Å². The lowest BCUT2D eigenvalue weighted by atomic mass is 9.86. The highest BCUT2D eigenvalue weighted by atomic mass is 15.5. The number of aryl methyl sites for hydroxylation is 2. The smallest absolute Gasteiger partial charge is 0.0764 e. The van der Waals surface area contributed by atoms with Crippen molar-refractivity contribution in [2.45, 2.75) is 45.3 Å². The van der Waals surface area contributed by atoms with Crippen molar-refractivity contribution in [1.29, 1.82) is 0 Å². The zero-order valence-corrected chi connectivity index (χ0v) is 10.2. The SMILES string of the molecule is CCC1NNC(N)C1c1cc(C)ccc1C. The third-order valence-electron chi connectivity index (χ3n) is 3.49. The summed E-state index contributed by atoms with van der Waals surface area (Å²) in [6.45, 7) is 6.48. The molecule has 0 aliphatic carbocycles. The van der Waals surface area contributed by atoms with Crippen LogP contribution in [0.5, 0.6) is 0 Å². The minimum absolute atomic E-state index is 0.00505. The van der Waals surface area contributed by atoms with Gasteiger partial charge in [0.2, 0.25) is 0 Å². The minimum atomic E-state index is 0.00505. The molecule has 1 aromatic rings. The first-order chi connectivity index (χ1) is 7.63. The predicted molar refractivity (Wildman–Crippen MR) is 67.0 cm³/mol. The molecule has 0 aromatic heterocycles. The normalized spacial score (nSPS) is 29.6. The van der Waals surface area contributed by atoms with Crippen LogP contribution in [0.4, 0.5) is 0 Å². The highest BCUT2D eigenvalue weighted by Crippen LogP contribution is 2.29. The van der Waals surface area contributed by atoms with Gasteiger partial charge in [-0.25, -0.2) is 5.43 Å². The van der Waals surface area contributed by atoms with E-state index in [1.54, 1.807) is 0 Å². The molecule has 0 radical (unpaired) electrons. The van der Waals surface area contributed by atoms with Crippen molar-refractivity contribution in [3.05, 3.63) is 34.9 Å². The Morgan fingerprint density at radius 2 is 2.00 bits per heavy atom. The van der Waals surface area contributed by atoms with Crippen LogP contribution in [0, 0.1) is 13.8 Å². The van der Waals surface area contributed by atoms with Crippen LogP contribution < -0.4 is 16.6 Å². The summed E-state index contributed by atoms with van der Waals surface area (Å²) in [7, 11) is 0. The lowest BCUT2D eigenvalue weighted by Crippen LogP contribution is -2.38. The molecule has 3 nitrogen and oxygen atoms in total. The average Bonchev–Trinajstić information content (AvgIpc) is 2.63. The van der Waals surface area contributed by atoms with E-state index in [1.807, 2.05) is 0 Å². The third kappa shape index (κ3) is 1.98. The molecule has 3 heteroatoms. The molecule has 1 heterocycles. The van der Waals surface area contributed by atoms with Crippen molar-refractivity contribution in [3.63, 3.8) is 0 Å². The van der Waals surface area contributed by atoms with Gasteiger partial charge in [0.25, 0.3) is 0 Å². The van der Waals surface area contributed by atoms with Crippen LogP contribution in [-0.2, 0) is 0 Å². The van der Waals surface area contributed by atoms with Gasteiger partial charge in [0.15, 0.2) is 0 Å². The van der Waals surface area contributed by atoms with Crippen LogP contribution in [-0.4, -0.2) is 12.2 Å². The molecule has 1 aliphatic rings. The van der Waals surface area contributed by atoms with E-state index in [9.17, 15) is 0 Å². The monoisotopic (exact) mass is 219 g/mol. The van der Waals surface area contributed by atoms with Gasteiger partial charge in [0.05, 0.1) is 6.17 Å². The number of hydrogen-bond donors (Lipinski definition) is 3. The lowest BCUT2D eigenvalue weighted by Gasteiger charge is -2.22. The summed E-state index contributed by atoms with van der Waals surface area (Å²) in [4.78, 5) is 0. The number of nitrogens with two attached hydrogens (primary N) is 1. The molecular formula is C13H21N3. The Balaban J connectivity index is 2.37. The molecule has 0 amide bonds. The summed E-state index contributed by atoms with van der Waals surface area (Å²) in [5.74, 6) is 0.366. The maximum atomic E-state index is 6.12. The summed E-state index contributed by atoms with van der Waals surface area (Å²) in [6.07, 6.45) is 1.09. The maximum absolute atomic E-state index is 6.12. The van der Waals surface area contributed by atoms with E-state index in [2.05, 4.69) is 49.8 Å². The van der Waals surface area contributed by atoms with Crippen LogP contribution in [0.25, 0.3) is 0 Å². The zero-order chi connectivity index (χ0) is 11.7. The maximum Gasteiger partial charge on any atom is 0.0764 e. The molecule has 1 aromatic carbocycles. The van der Waals surface area contributed by atoms with Crippen LogP contribution in [0.15, 0.2) is 18.2 Å². The number of hydrazine groups is 1. The Morgan fingerprint density at radius 1 is 1.25 bits per heavy atom. The Kier molecular flexibility index (Phi) is 3.28. The predicted octanol–water partition coefficient (Wildman–Crippen LogP) is 1.56. The minimum Gasteiger partial charge on any atom is -0.314 e. The quantitative estimate of drug-likeness (QED) is 0.707. The van der Waals surface area contributed by atoms with E-state index in [0.29, 0.717) is 12.0 Å². The second kappa shape index (κ2) is 4.53. The van der Waals surface area contributed by atoms with Crippen molar-refractivity contribution in [3.8, 4) is 0 Å². The van der Waals surface area contributed by atoms with Gasteiger partial charge in [-0.1, -0.05) is 30.7 Å². The van der Waals surface area contributed by atoms with E-state index in [4.69, 9.17) is 5.73 Å². The van der Waals surface area contributed by atoms with Crippen LogP contribution in [0.2, 0.25) is 0 Å². The fourth-order valence-electron chi connectivity index (χ4n) is 2.52. The van der Waals surface area contributed by atoms with Gasteiger partial charge in [-0.15, -0.1) is 0 Å². The van der Waals surface area contributed by atoms with E-state index in [0.717, 1.165) is 6.42 Å². The van der Waals surface area contributed by atoms with E-state index in [-0.39, 0.29) is 6.17 Å². The molecule has 0 saturated carbocycles. The van der Waals surface area contributed by atoms with Crippen molar-refractivity contribution in [2.24, 2.45) is 5.73 Å². The number of hydrogen-bond acceptors (Lipinski definition) is 3. The van der Waals surface area contributed by atoms with E-state index >= 15 is 0 Å². The molecule has 1 saturated heterocycles. The number of benzene rings is 1. The summed E-state index contributed by atoms with van der Waals surface area (Å²) < 4.78 is 0. The largest absolute Gasteiger partial charge is 0.314 e. The van der Waals surface area contributed by atoms with Gasteiger partial charge >= 0.3 is 0 Å². The van der Waals surface area contributed by atoms with Crippen LogP contribution in [0.1, 0.15) is 36.0 Å². The van der Waals surface area contributed by atoms with Gasteiger partial charge < -0.3 is 5.73 Å². The number of nitrogens with one attached hydrogen (secondary N) is 2. The highest BCUT2D eigenvalue weighted by Gasteiger charge is 2.34. The Hall–Kier alpha value is -0.900. The van der Waals surface area contributed by atoms with E-state index in [1.165, 1.54) is 16.7 Å². The second-order valence-corrected chi connectivity index (χ2v) is 4.72. The van der Waals surface area contributed by atoms with Crippen LogP contribution >= 0.6 is 0 Å². The first kappa shape index (κ1) is 11.6. The molecule has 16 heavy (non-hydrogen) atoms. The van der Waals surface area contributed by atoms with Gasteiger partial charge in [-0.2, -0.15) is 0 Å². The Labute approximate surface area is 97.4 Å². The van der Waals surface area contributed by atoms with Gasteiger partial charge in [-0.3, -0.25) is 5.43 Å². The fraction of sp³-hybridized carbons (Fsp3) is 0.538. The van der Waals surface area contributed by atoms with E-state index < -0.39 is 0 Å². The van der Waals surface area contributed by atoms with Crippen molar-refractivity contribution in [1.82, 2.24) is 10.9 Å². The molecule has 4 N–H and O–H groups in total. The third-order valence-corrected chi connectivity index (χ3v) is 3.49. The fourth-order valence-corrected chi connectivity index (χ4v) is 2.52. The molecule has 0 spiro atoms. The van der Waals surface area contributed by atoms with Crippen molar-refractivity contribution >= 4 is 0 Å². The van der Waals surface area contributed by atoms with Gasteiger partial charge in [-0.05, 0) is 31.4 Å². The molecule has 3 unspecified atom stereocenters. The summed E-state index contributed by atoms with van der Waals surface area (Å²) >= 11 is 0. The number of rotatable bonds is 2. The Morgan fingerprint density at radius 3 is 2.69 bits per heavy atom. The second-order valence-electron chi connectivity index (χ2n) is 4.72. The summed E-state index contributed by atoms with van der Waals surface area (Å²) in [5.41, 5.74) is 16.5. The molecule has 2 rings (SSSR count). The molecular weight excluding hydrogens is 198 g/mol. The lowest BCUT2D eigenvalue weighted by molar-refractivity contribution is 0.509. The summed E-state index contributed by atoms with van der Waals surface area (Å²) in [6, 6.07) is 7.02. The first-order valence-corrected chi connectivity index (χ1v) is 5.97. The van der Waals surface area contributed by atoms with Crippen molar-refractivity contribution < 1.29 is 0 Å². The molecule has 1 fully saturated rings. The highest BCUT2D eigenvalue weighted by molar-refractivity contribution is 5.35. The molecule has 88 valence electrons. The van der Waals surface area contributed by atoms with Crippen molar-refractivity contribution in [2.75, 3.05) is 0 Å². The molecule has 0 bridgehead atoms. The zero-order valence-electron chi connectivity index (χ0n) is 10.2. The first-order valence-electron chi connectivity index (χ1n) is 5.97. The standard InChI is InChI=1S/C13H21N3/c1-4-11-12(13(14)16-15-11)10-7-8(2)5-6-9(10)3/h5-7,11-13,15-16H,4,14H2,1-3H3. The average molecular weight is 219 g/mol. The van der Waals surface area contributed by atoms with Gasteiger partial charge in [0.1, 0.15) is 0 Å². The molecule has 3 atom stereocenters. The topological polar surface area (TPSA) is 50.1 Å². The summed E-state index contributed by atoms with van der Waals surface area (Å²) in [5, 5.41) is 0.